The zero-order valence-corrected chi connectivity index (χ0v) is 10.4. The molecule has 0 atom stereocenters. The summed E-state index contributed by atoms with van der Waals surface area (Å²) >= 11 is 0. The van der Waals surface area contributed by atoms with Crippen molar-refractivity contribution in [2.45, 2.75) is 6.42 Å². The molecule has 0 bridgehead atoms. The Morgan fingerprint density at radius 1 is 1.47 bits per heavy atom. The summed E-state index contributed by atoms with van der Waals surface area (Å²) in [7, 11) is 5.24. The van der Waals surface area contributed by atoms with Crippen LogP contribution in [0.5, 0.6) is 0 Å². The molecule has 0 aliphatic carbocycles. The molecular formula is C13H16N2O2. The van der Waals surface area contributed by atoms with Gasteiger partial charge in [-0.25, -0.2) is 11.4 Å². The SMILES string of the molecule is [C-]#[N+]CCc1cc(C(=O)OC)ccc1N(C)C. The van der Waals surface area contributed by atoms with Crippen molar-refractivity contribution in [1.82, 2.24) is 0 Å². The van der Waals surface area contributed by atoms with Crippen molar-refractivity contribution in [3.63, 3.8) is 0 Å². The summed E-state index contributed by atoms with van der Waals surface area (Å²) in [5, 5.41) is 0. The molecular weight excluding hydrogens is 216 g/mol. The average Bonchev–Trinajstić information content (AvgIpc) is 2.34. The van der Waals surface area contributed by atoms with Crippen molar-refractivity contribution in [3.05, 3.63) is 40.7 Å². The topological polar surface area (TPSA) is 33.9 Å². The van der Waals surface area contributed by atoms with Crippen LogP contribution in [0.25, 0.3) is 4.85 Å². The number of rotatable bonds is 4. The monoisotopic (exact) mass is 232 g/mol. The van der Waals surface area contributed by atoms with E-state index in [1.807, 2.05) is 25.1 Å². The molecule has 1 aromatic carbocycles. The van der Waals surface area contributed by atoms with E-state index in [0.29, 0.717) is 18.5 Å². The molecule has 0 radical (unpaired) electrons. The number of anilines is 1. The number of hydrogen-bond donors (Lipinski definition) is 0. The first-order chi connectivity index (χ1) is 8.10. The predicted molar refractivity (Wildman–Crippen MR) is 67.3 cm³/mol. The van der Waals surface area contributed by atoms with E-state index < -0.39 is 0 Å². The quantitative estimate of drug-likeness (QED) is 0.588. The van der Waals surface area contributed by atoms with E-state index >= 15 is 0 Å². The first-order valence-electron chi connectivity index (χ1n) is 5.32. The van der Waals surface area contributed by atoms with Crippen LogP contribution in [0, 0.1) is 6.57 Å². The molecule has 0 N–H and O–H groups in total. The highest BCUT2D eigenvalue weighted by molar-refractivity contribution is 5.90. The van der Waals surface area contributed by atoms with Gasteiger partial charge in [0.05, 0.1) is 12.7 Å². The Morgan fingerprint density at radius 2 is 2.18 bits per heavy atom. The minimum absolute atomic E-state index is 0.348. The lowest BCUT2D eigenvalue weighted by Crippen LogP contribution is -2.13. The Labute approximate surface area is 102 Å². The molecule has 4 nitrogen and oxygen atoms in total. The van der Waals surface area contributed by atoms with Gasteiger partial charge in [0.2, 0.25) is 6.54 Å². The maximum absolute atomic E-state index is 11.4. The Hall–Kier alpha value is -2.02. The number of nitrogens with zero attached hydrogens (tertiary/aromatic N) is 2. The van der Waals surface area contributed by atoms with E-state index in [0.717, 1.165) is 11.3 Å². The Balaban J connectivity index is 3.10. The zero-order valence-electron chi connectivity index (χ0n) is 10.4. The molecule has 1 aromatic rings. The third-order valence-corrected chi connectivity index (χ3v) is 2.48. The van der Waals surface area contributed by atoms with E-state index in [2.05, 4.69) is 9.58 Å². The van der Waals surface area contributed by atoms with Crippen LogP contribution in [-0.4, -0.2) is 33.7 Å². The molecule has 0 amide bonds. The molecule has 0 fully saturated rings. The third kappa shape index (κ3) is 3.22. The van der Waals surface area contributed by atoms with Crippen LogP contribution < -0.4 is 4.90 Å². The highest BCUT2D eigenvalue weighted by Gasteiger charge is 2.11. The second-order valence-electron chi connectivity index (χ2n) is 3.86. The van der Waals surface area contributed by atoms with Crippen molar-refractivity contribution < 1.29 is 9.53 Å². The van der Waals surface area contributed by atoms with Gasteiger partial charge >= 0.3 is 5.97 Å². The lowest BCUT2D eigenvalue weighted by molar-refractivity contribution is 0.0600. The average molecular weight is 232 g/mol. The fraction of sp³-hybridized carbons (Fsp3) is 0.385. The molecule has 0 aromatic heterocycles. The molecule has 90 valence electrons. The number of benzene rings is 1. The molecule has 0 heterocycles. The molecule has 4 heteroatoms. The standard InChI is InChI=1S/C13H16N2O2/c1-14-8-7-10-9-11(13(16)17-4)5-6-12(10)15(2)3/h5-6,9H,7-8H2,2-4H3. The van der Waals surface area contributed by atoms with Crippen molar-refractivity contribution in [2.75, 3.05) is 32.6 Å². The Kier molecular flexibility index (Phi) is 4.53. The van der Waals surface area contributed by atoms with Crippen LogP contribution in [0.1, 0.15) is 15.9 Å². The maximum atomic E-state index is 11.4. The van der Waals surface area contributed by atoms with Crippen LogP contribution in [0.2, 0.25) is 0 Å². The molecule has 0 unspecified atom stereocenters. The number of ether oxygens (including phenoxy) is 1. The van der Waals surface area contributed by atoms with Gasteiger partial charge in [-0.1, -0.05) is 0 Å². The largest absolute Gasteiger partial charge is 0.465 e. The van der Waals surface area contributed by atoms with Gasteiger partial charge in [-0.2, -0.15) is 0 Å². The smallest absolute Gasteiger partial charge is 0.337 e. The van der Waals surface area contributed by atoms with E-state index in [1.165, 1.54) is 7.11 Å². The second kappa shape index (κ2) is 5.90. The Bertz CT molecular complexity index is 447. The number of esters is 1. The van der Waals surface area contributed by atoms with E-state index in [1.54, 1.807) is 12.1 Å². The van der Waals surface area contributed by atoms with Gasteiger partial charge in [-0.15, -0.1) is 0 Å². The summed E-state index contributed by atoms with van der Waals surface area (Å²) in [6.45, 7) is 7.25. The van der Waals surface area contributed by atoms with Gasteiger partial charge in [-0.3, -0.25) is 0 Å². The first kappa shape index (κ1) is 13.0. The highest BCUT2D eigenvalue weighted by Crippen LogP contribution is 2.21. The first-order valence-corrected chi connectivity index (χ1v) is 5.32. The van der Waals surface area contributed by atoms with Gasteiger partial charge in [0.15, 0.2) is 0 Å². The highest BCUT2D eigenvalue weighted by atomic mass is 16.5. The lowest BCUT2D eigenvalue weighted by atomic mass is 10.0. The van der Waals surface area contributed by atoms with Crippen molar-refractivity contribution in [1.29, 1.82) is 0 Å². The summed E-state index contributed by atoms with van der Waals surface area (Å²) in [5.41, 5.74) is 2.55. The molecule has 1 rings (SSSR count). The summed E-state index contributed by atoms with van der Waals surface area (Å²) in [6.07, 6.45) is 0.641. The summed E-state index contributed by atoms with van der Waals surface area (Å²) in [6, 6.07) is 5.42. The predicted octanol–water partition coefficient (Wildman–Crippen LogP) is 2.00. The van der Waals surface area contributed by atoms with E-state index in [-0.39, 0.29) is 5.97 Å². The van der Waals surface area contributed by atoms with Gasteiger partial charge in [-0.05, 0) is 23.8 Å². The van der Waals surface area contributed by atoms with Crippen molar-refractivity contribution in [2.24, 2.45) is 0 Å². The van der Waals surface area contributed by atoms with Crippen LogP contribution in [0.4, 0.5) is 5.69 Å². The van der Waals surface area contributed by atoms with Crippen LogP contribution in [0.15, 0.2) is 18.2 Å². The summed E-state index contributed by atoms with van der Waals surface area (Å²) in [4.78, 5) is 16.7. The molecule has 0 aliphatic rings. The van der Waals surface area contributed by atoms with Crippen LogP contribution >= 0.6 is 0 Å². The fourth-order valence-corrected chi connectivity index (χ4v) is 1.64. The summed E-state index contributed by atoms with van der Waals surface area (Å²) in [5.74, 6) is -0.348. The summed E-state index contributed by atoms with van der Waals surface area (Å²) < 4.78 is 4.68. The van der Waals surface area contributed by atoms with Crippen LogP contribution in [-0.2, 0) is 11.2 Å². The molecule has 0 saturated carbocycles. The number of hydrogen-bond acceptors (Lipinski definition) is 3. The Morgan fingerprint density at radius 3 is 2.71 bits per heavy atom. The minimum atomic E-state index is -0.348. The van der Waals surface area contributed by atoms with E-state index in [9.17, 15) is 4.79 Å². The van der Waals surface area contributed by atoms with Crippen LogP contribution in [0.3, 0.4) is 0 Å². The van der Waals surface area contributed by atoms with Gasteiger partial charge in [0.25, 0.3) is 0 Å². The minimum Gasteiger partial charge on any atom is -0.465 e. The number of carbonyl (C=O) groups excluding carboxylic acids is 1. The number of methoxy groups -OCH3 is 1. The normalized spacial score (nSPS) is 9.53. The molecule has 0 spiro atoms. The molecule has 0 aliphatic heterocycles. The van der Waals surface area contributed by atoms with Gasteiger partial charge < -0.3 is 14.5 Å². The van der Waals surface area contributed by atoms with Gasteiger partial charge in [0.1, 0.15) is 0 Å². The zero-order chi connectivity index (χ0) is 12.8. The third-order valence-electron chi connectivity index (χ3n) is 2.48. The molecule has 17 heavy (non-hydrogen) atoms. The lowest BCUT2D eigenvalue weighted by Gasteiger charge is -2.17. The number of carbonyl (C=O) groups is 1. The fourth-order valence-electron chi connectivity index (χ4n) is 1.64. The maximum Gasteiger partial charge on any atom is 0.337 e. The second-order valence-corrected chi connectivity index (χ2v) is 3.86. The van der Waals surface area contributed by atoms with Gasteiger partial charge in [0, 0.05) is 26.2 Å². The van der Waals surface area contributed by atoms with E-state index in [4.69, 9.17) is 6.57 Å². The molecule has 0 saturated heterocycles. The van der Waals surface area contributed by atoms with Crippen molar-refractivity contribution >= 4 is 11.7 Å². The van der Waals surface area contributed by atoms with Crippen molar-refractivity contribution in [3.8, 4) is 0 Å².